The van der Waals surface area contributed by atoms with Crippen LogP contribution in [0.2, 0.25) is 0 Å². The highest BCUT2D eigenvalue weighted by atomic mass is 16.3. The predicted octanol–water partition coefficient (Wildman–Crippen LogP) is 0.512. The summed E-state index contributed by atoms with van der Waals surface area (Å²) in [5.41, 5.74) is 0. The van der Waals surface area contributed by atoms with Gasteiger partial charge in [-0.2, -0.15) is 0 Å². The van der Waals surface area contributed by atoms with Crippen LogP contribution in [0, 0.1) is 5.92 Å². The summed E-state index contributed by atoms with van der Waals surface area (Å²) < 4.78 is 0. The van der Waals surface area contributed by atoms with Gasteiger partial charge >= 0.3 is 0 Å². The lowest BCUT2D eigenvalue weighted by molar-refractivity contribution is -0.119. The van der Waals surface area contributed by atoms with E-state index in [1.54, 1.807) is 6.08 Å². The summed E-state index contributed by atoms with van der Waals surface area (Å²) in [7, 11) is 0. The van der Waals surface area contributed by atoms with Gasteiger partial charge in [0, 0.05) is 0 Å². The average molecular weight is 126 g/mol. The smallest absolute Gasteiger partial charge is 0.161 e. The highest BCUT2D eigenvalue weighted by Crippen LogP contribution is 2.17. The van der Waals surface area contributed by atoms with Crippen LogP contribution in [0.5, 0.6) is 0 Å². The summed E-state index contributed by atoms with van der Waals surface area (Å²) in [4.78, 5) is 10.8. The maximum Gasteiger partial charge on any atom is 0.161 e. The Bertz CT molecular complexity index is 149. The van der Waals surface area contributed by atoms with Crippen LogP contribution < -0.4 is 0 Å². The molecular formula is C7H10O2. The van der Waals surface area contributed by atoms with E-state index in [4.69, 9.17) is 5.11 Å². The first-order valence-corrected chi connectivity index (χ1v) is 3.16. The molecule has 2 nitrogen and oxygen atoms in total. The highest BCUT2D eigenvalue weighted by molar-refractivity contribution is 5.94. The summed E-state index contributed by atoms with van der Waals surface area (Å²) in [5, 5.41) is 9.05. The standard InChI is InChI=1S/C7H10O2/c1-2-5-6(8)3-4-7(5)9/h3-6,8H,2H2,1H3/t5-,6+/m0/s1. The summed E-state index contributed by atoms with van der Waals surface area (Å²) in [5.74, 6) is -0.102. The molecule has 0 bridgehead atoms. The van der Waals surface area contributed by atoms with Gasteiger partial charge in [0.1, 0.15) is 0 Å². The Labute approximate surface area is 54.2 Å². The summed E-state index contributed by atoms with van der Waals surface area (Å²) in [6.07, 6.45) is 3.21. The molecule has 1 N–H and O–H groups in total. The van der Waals surface area contributed by atoms with Gasteiger partial charge in [0.15, 0.2) is 5.78 Å². The van der Waals surface area contributed by atoms with E-state index in [-0.39, 0.29) is 11.7 Å². The van der Waals surface area contributed by atoms with E-state index in [0.717, 1.165) is 6.42 Å². The summed E-state index contributed by atoms with van der Waals surface area (Å²) in [6, 6.07) is 0. The van der Waals surface area contributed by atoms with Gasteiger partial charge in [0.05, 0.1) is 12.0 Å². The van der Waals surface area contributed by atoms with Crippen molar-refractivity contribution in [1.82, 2.24) is 0 Å². The van der Waals surface area contributed by atoms with Crippen molar-refractivity contribution in [1.29, 1.82) is 0 Å². The molecular weight excluding hydrogens is 116 g/mol. The van der Waals surface area contributed by atoms with E-state index < -0.39 is 6.10 Å². The Morgan fingerprint density at radius 1 is 1.78 bits per heavy atom. The zero-order valence-electron chi connectivity index (χ0n) is 5.37. The zero-order valence-corrected chi connectivity index (χ0v) is 5.37. The van der Waals surface area contributed by atoms with Crippen LogP contribution in [-0.4, -0.2) is 17.0 Å². The van der Waals surface area contributed by atoms with E-state index in [2.05, 4.69) is 0 Å². The Hall–Kier alpha value is -0.630. The van der Waals surface area contributed by atoms with Crippen LogP contribution in [0.25, 0.3) is 0 Å². The van der Waals surface area contributed by atoms with Crippen molar-refractivity contribution < 1.29 is 9.90 Å². The van der Waals surface area contributed by atoms with Crippen LogP contribution in [0.15, 0.2) is 12.2 Å². The summed E-state index contributed by atoms with van der Waals surface area (Å²) >= 11 is 0. The number of ketones is 1. The second kappa shape index (κ2) is 2.31. The maximum atomic E-state index is 10.8. The molecule has 0 saturated carbocycles. The van der Waals surface area contributed by atoms with Crippen molar-refractivity contribution in [2.75, 3.05) is 0 Å². The van der Waals surface area contributed by atoms with Crippen LogP contribution in [-0.2, 0) is 4.79 Å². The first-order valence-electron chi connectivity index (χ1n) is 3.16. The lowest BCUT2D eigenvalue weighted by atomic mass is 10.0. The third-order valence-electron chi connectivity index (χ3n) is 1.68. The van der Waals surface area contributed by atoms with Gasteiger partial charge in [-0.1, -0.05) is 13.0 Å². The topological polar surface area (TPSA) is 37.3 Å². The highest BCUT2D eigenvalue weighted by Gasteiger charge is 2.25. The first-order chi connectivity index (χ1) is 4.25. The summed E-state index contributed by atoms with van der Waals surface area (Å²) in [6.45, 7) is 1.90. The van der Waals surface area contributed by atoms with Crippen LogP contribution in [0.4, 0.5) is 0 Å². The molecule has 0 spiro atoms. The van der Waals surface area contributed by atoms with E-state index in [1.807, 2.05) is 6.92 Å². The number of aliphatic hydroxyl groups excluding tert-OH is 1. The molecule has 0 amide bonds. The molecule has 0 aromatic rings. The van der Waals surface area contributed by atoms with E-state index in [0.29, 0.717) is 0 Å². The number of hydrogen-bond acceptors (Lipinski definition) is 2. The van der Waals surface area contributed by atoms with Crippen molar-refractivity contribution in [2.24, 2.45) is 5.92 Å². The molecule has 1 rings (SSSR count). The molecule has 0 radical (unpaired) electrons. The molecule has 0 unspecified atom stereocenters. The third-order valence-corrected chi connectivity index (χ3v) is 1.68. The molecule has 0 aromatic carbocycles. The lowest BCUT2D eigenvalue weighted by Crippen LogP contribution is -2.18. The average Bonchev–Trinajstić information content (AvgIpc) is 2.12. The first kappa shape index (κ1) is 6.49. The fraction of sp³-hybridized carbons (Fsp3) is 0.571. The molecule has 0 aliphatic heterocycles. The van der Waals surface area contributed by atoms with Crippen molar-refractivity contribution in [3.63, 3.8) is 0 Å². The number of rotatable bonds is 1. The van der Waals surface area contributed by atoms with Crippen LogP contribution in [0.3, 0.4) is 0 Å². The molecule has 9 heavy (non-hydrogen) atoms. The molecule has 1 aliphatic rings. The van der Waals surface area contributed by atoms with Crippen molar-refractivity contribution in [2.45, 2.75) is 19.4 Å². The van der Waals surface area contributed by atoms with Gasteiger partial charge in [-0.05, 0) is 12.5 Å². The quantitative estimate of drug-likeness (QED) is 0.556. The lowest BCUT2D eigenvalue weighted by Gasteiger charge is -2.07. The SMILES string of the molecule is CC[C@@H]1C(=O)C=C[C@H]1O. The van der Waals surface area contributed by atoms with Gasteiger partial charge in [-0.25, -0.2) is 0 Å². The van der Waals surface area contributed by atoms with Gasteiger partial charge in [-0.3, -0.25) is 4.79 Å². The van der Waals surface area contributed by atoms with Crippen LogP contribution >= 0.6 is 0 Å². The molecule has 0 fully saturated rings. The monoisotopic (exact) mass is 126 g/mol. The Morgan fingerprint density at radius 2 is 2.44 bits per heavy atom. The van der Waals surface area contributed by atoms with Gasteiger partial charge in [0.25, 0.3) is 0 Å². The molecule has 2 heteroatoms. The van der Waals surface area contributed by atoms with Gasteiger partial charge in [-0.15, -0.1) is 0 Å². The third kappa shape index (κ3) is 1.03. The minimum absolute atomic E-state index is 0.0602. The van der Waals surface area contributed by atoms with Gasteiger partial charge < -0.3 is 5.11 Å². The molecule has 1 aliphatic carbocycles. The van der Waals surface area contributed by atoms with Crippen molar-refractivity contribution in [3.8, 4) is 0 Å². The molecule has 2 atom stereocenters. The fourth-order valence-corrected chi connectivity index (χ4v) is 1.06. The van der Waals surface area contributed by atoms with E-state index >= 15 is 0 Å². The van der Waals surface area contributed by atoms with E-state index in [9.17, 15) is 4.79 Å². The zero-order chi connectivity index (χ0) is 6.85. The molecule has 50 valence electrons. The number of allylic oxidation sites excluding steroid dienone is 1. The second-order valence-corrected chi connectivity index (χ2v) is 2.27. The number of carbonyl (C=O) groups is 1. The number of aliphatic hydroxyl groups is 1. The van der Waals surface area contributed by atoms with Crippen molar-refractivity contribution in [3.05, 3.63) is 12.2 Å². The van der Waals surface area contributed by atoms with Crippen molar-refractivity contribution >= 4 is 5.78 Å². The Morgan fingerprint density at radius 3 is 2.67 bits per heavy atom. The minimum atomic E-state index is -0.525. The van der Waals surface area contributed by atoms with Gasteiger partial charge in [0.2, 0.25) is 0 Å². The fourth-order valence-electron chi connectivity index (χ4n) is 1.06. The maximum absolute atomic E-state index is 10.8. The number of carbonyl (C=O) groups excluding carboxylic acids is 1. The second-order valence-electron chi connectivity index (χ2n) is 2.27. The molecule has 0 saturated heterocycles. The molecule has 0 heterocycles. The normalized spacial score (nSPS) is 33.8. The minimum Gasteiger partial charge on any atom is -0.388 e. The molecule has 0 aromatic heterocycles. The largest absolute Gasteiger partial charge is 0.388 e. The van der Waals surface area contributed by atoms with Crippen LogP contribution in [0.1, 0.15) is 13.3 Å². The Balaban J connectivity index is 2.63. The van der Waals surface area contributed by atoms with E-state index in [1.165, 1.54) is 6.08 Å². The number of hydrogen-bond donors (Lipinski definition) is 1. The predicted molar refractivity (Wildman–Crippen MR) is 33.9 cm³/mol. The Kier molecular flexibility index (Phi) is 1.67.